The first-order valence-corrected chi connectivity index (χ1v) is 10.7. The maximum Gasteiger partial charge on any atom is 0.279 e. The molecule has 3 aromatic rings. The molecule has 6 nitrogen and oxygen atoms in total. The molecule has 1 heterocycles. The Kier molecular flexibility index (Phi) is 6.70. The largest absolute Gasteiger partial charge is 0.497 e. The van der Waals surface area contributed by atoms with Crippen molar-refractivity contribution in [2.75, 3.05) is 57.2 Å². The van der Waals surface area contributed by atoms with Crippen LogP contribution in [0.2, 0.25) is 0 Å². The highest BCUT2D eigenvalue weighted by atomic mass is 16.5. The number of hydrogen-bond acceptors (Lipinski definition) is 4. The third kappa shape index (κ3) is 5.54. The lowest BCUT2D eigenvalue weighted by Crippen LogP contribution is -3.08. The first-order valence-electron chi connectivity index (χ1n) is 10.7. The number of rotatable bonds is 7. The molecule has 0 aromatic heterocycles. The molecule has 0 radical (unpaired) electrons. The molecule has 1 aliphatic rings. The Balaban J connectivity index is 1.30. The lowest BCUT2D eigenvalue weighted by Gasteiger charge is -2.28. The van der Waals surface area contributed by atoms with E-state index in [1.807, 2.05) is 31.3 Å². The van der Waals surface area contributed by atoms with Gasteiger partial charge in [0.15, 0.2) is 6.54 Å². The van der Waals surface area contributed by atoms with Gasteiger partial charge >= 0.3 is 0 Å². The number of carbonyl (C=O) groups excluding carboxylic acids is 1. The number of ether oxygens (including phenoxy) is 2. The Morgan fingerprint density at radius 1 is 1.03 bits per heavy atom. The number of nitrogens with one attached hydrogen (secondary N) is 2. The van der Waals surface area contributed by atoms with Crippen molar-refractivity contribution in [1.82, 2.24) is 0 Å². The first-order chi connectivity index (χ1) is 15.1. The van der Waals surface area contributed by atoms with Crippen LogP contribution >= 0.6 is 0 Å². The molecule has 2 N–H and O–H groups in total. The van der Waals surface area contributed by atoms with Crippen LogP contribution in [0.3, 0.4) is 0 Å². The van der Waals surface area contributed by atoms with Crippen molar-refractivity contribution in [2.24, 2.45) is 0 Å². The molecule has 0 spiro atoms. The molecule has 1 unspecified atom stereocenters. The van der Waals surface area contributed by atoms with Gasteiger partial charge in [-0.15, -0.1) is 0 Å². The fourth-order valence-electron chi connectivity index (χ4n) is 3.98. The summed E-state index contributed by atoms with van der Waals surface area (Å²) in [6.45, 7) is 4.53. The third-order valence-corrected chi connectivity index (χ3v) is 5.61. The van der Waals surface area contributed by atoms with Crippen LogP contribution in [-0.2, 0) is 16.1 Å². The number of hydrogen-bond donors (Lipinski definition) is 2. The molecule has 0 bridgehead atoms. The second kappa shape index (κ2) is 9.81. The van der Waals surface area contributed by atoms with E-state index in [1.165, 1.54) is 10.9 Å². The Labute approximate surface area is 183 Å². The molecule has 31 heavy (non-hydrogen) atoms. The third-order valence-electron chi connectivity index (χ3n) is 5.61. The number of anilines is 2. The number of nitrogens with zero attached hydrogens (tertiary/aromatic N) is 1. The molecule has 0 aliphatic carbocycles. The van der Waals surface area contributed by atoms with Crippen LogP contribution in [0.25, 0.3) is 10.8 Å². The number of quaternary nitrogens is 1. The first kappa shape index (κ1) is 21.2. The van der Waals surface area contributed by atoms with Crippen molar-refractivity contribution < 1.29 is 19.2 Å². The van der Waals surface area contributed by atoms with Crippen LogP contribution in [-0.4, -0.2) is 52.9 Å². The van der Waals surface area contributed by atoms with E-state index in [2.05, 4.69) is 46.6 Å². The van der Waals surface area contributed by atoms with Crippen LogP contribution < -0.4 is 19.9 Å². The van der Waals surface area contributed by atoms with Crippen molar-refractivity contribution in [1.29, 1.82) is 0 Å². The highest BCUT2D eigenvalue weighted by Gasteiger charge is 2.13. The quantitative estimate of drug-likeness (QED) is 0.616. The Hall–Kier alpha value is -3.09. The van der Waals surface area contributed by atoms with Gasteiger partial charge in [0.05, 0.1) is 27.4 Å². The number of fused-ring (bicyclic) bond motifs is 1. The molecule has 3 aromatic carbocycles. The van der Waals surface area contributed by atoms with Crippen molar-refractivity contribution in [3.05, 3.63) is 66.2 Å². The Bertz CT molecular complexity index is 1030. The summed E-state index contributed by atoms with van der Waals surface area (Å²) >= 11 is 0. The van der Waals surface area contributed by atoms with E-state index in [4.69, 9.17) is 9.47 Å². The van der Waals surface area contributed by atoms with E-state index >= 15 is 0 Å². The lowest BCUT2D eigenvalue weighted by molar-refractivity contribution is -0.885. The molecule has 1 aliphatic heterocycles. The summed E-state index contributed by atoms with van der Waals surface area (Å²) < 4.78 is 10.7. The minimum absolute atomic E-state index is 0.0159. The molecule has 1 atom stereocenters. The number of methoxy groups -OCH3 is 1. The van der Waals surface area contributed by atoms with Crippen LogP contribution in [0.5, 0.6) is 5.75 Å². The fraction of sp³-hybridized carbons (Fsp3) is 0.320. The molecular weight excluding hydrogens is 390 g/mol. The van der Waals surface area contributed by atoms with E-state index in [9.17, 15) is 4.79 Å². The molecule has 6 heteroatoms. The highest BCUT2D eigenvalue weighted by Crippen LogP contribution is 2.22. The van der Waals surface area contributed by atoms with Gasteiger partial charge in [-0.2, -0.15) is 0 Å². The van der Waals surface area contributed by atoms with Crippen molar-refractivity contribution in [3.8, 4) is 5.75 Å². The zero-order chi connectivity index (χ0) is 21.6. The molecule has 1 fully saturated rings. The molecule has 1 saturated heterocycles. The van der Waals surface area contributed by atoms with Crippen LogP contribution in [0, 0.1) is 0 Å². The van der Waals surface area contributed by atoms with Gasteiger partial charge in [-0.3, -0.25) is 4.79 Å². The van der Waals surface area contributed by atoms with Crippen molar-refractivity contribution >= 4 is 28.1 Å². The van der Waals surface area contributed by atoms with E-state index in [0.717, 1.165) is 60.3 Å². The molecule has 162 valence electrons. The Morgan fingerprint density at radius 2 is 1.74 bits per heavy atom. The summed E-state index contributed by atoms with van der Waals surface area (Å²) in [6.07, 6.45) is 0. The Morgan fingerprint density at radius 3 is 2.48 bits per heavy atom. The molecular formula is C25H30N3O3+. The standard InChI is InChI=1S/C25H29N3O3/c1-27(17-19-3-4-21-16-24(30-2)10-5-20(21)15-19)18-25(29)26-22-6-8-23(9-7-22)28-11-13-31-14-12-28/h3-10,15-16H,11-14,17-18H2,1-2H3,(H,26,29)/p+1. The maximum absolute atomic E-state index is 12.5. The zero-order valence-electron chi connectivity index (χ0n) is 18.2. The summed E-state index contributed by atoms with van der Waals surface area (Å²) in [5.74, 6) is 0.875. The van der Waals surface area contributed by atoms with E-state index in [-0.39, 0.29) is 5.91 Å². The number of morpholine rings is 1. The van der Waals surface area contributed by atoms with Crippen LogP contribution in [0.15, 0.2) is 60.7 Å². The van der Waals surface area contributed by atoms with Crippen molar-refractivity contribution in [2.45, 2.75) is 6.54 Å². The van der Waals surface area contributed by atoms with E-state index < -0.39 is 0 Å². The zero-order valence-corrected chi connectivity index (χ0v) is 18.2. The molecule has 4 rings (SSSR count). The predicted octanol–water partition coefficient (Wildman–Crippen LogP) is 2.34. The number of likely N-dealkylation sites (N-methyl/N-ethyl adjacent to an activating group) is 1. The van der Waals surface area contributed by atoms with Crippen LogP contribution in [0.4, 0.5) is 11.4 Å². The molecule has 1 amide bonds. The van der Waals surface area contributed by atoms with Gasteiger partial charge in [0.1, 0.15) is 12.3 Å². The summed E-state index contributed by atoms with van der Waals surface area (Å²) in [5.41, 5.74) is 3.20. The van der Waals surface area contributed by atoms with Crippen molar-refractivity contribution in [3.63, 3.8) is 0 Å². The number of benzene rings is 3. The van der Waals surface area contributed by atoms with Gasteiger partial charge in [0, 0.05) is 30.0 Å². The summed E-state index contributed by atoms with van der Waals surface area (Å²) in [7, 11) is 3.72. The number of carbonyl (C=O) groups is 1. The number of amides is 1. The van der Waals surface area contributed by atoms with Gasteiger partial charge in [-0.25, -0.2) is 0 Å². The maximum atomic E-state index is 12.5. The minimum Gasteiger partial charge on any atom is -0.497 e. The average molecular weight is 421 g/mol. The van der Waals surface area contributed by atoms with Gasteiger partial charge in [-0.05, 0) is 53.2 Å². The van der Waals surface area contributed by atoms with Gasteiger partial charge < -0.3 is 24.6 Å². The van der Waals surface area contributed by atoms with E-state index in [0.29, 0.717) is 6.54 Å². The van der Waals surface area contributed by atoms with Gasteiger partial charge in [0.25, 0.3) is 5.91 Å². The summed E-state index contributed by atoms with van der Waals surface area (Å²) in [6, 6.07) is 20.5. The van der Waals surface area contributed by atoms with E-state index in [1.54, 1.807) is 7.11 Å². The van der Waals surface area contributed by atoms with Gasteiger partial charge in [-0.1, -0.05) is 18.2 Å². The SMILES string of the molecule is COc1ccc2cc(C[NH+](C)CC(=O)Nc3ccc(N4CCOCC4)cc3)ccc2c1. The van der Waals surface area contributed by atoms with Gasteiger partial charge in [0.2, 0.25) is 0 Å². The predicted molar refractivity (Wildman–Crippen MR) is 124 cm³/mol. The molecule has 0 saturated carbocycles. The topological polar surface area (TPSA) is 55.2 Å². The summed E-state index contributed by atoms with van der Waals surface area (Å²) in [5, 5.41) is 5.34. The monoisotopic (exact) mass is 420 g/mol. The second-order valence-corrected chi connectivity index (χ2v) is 8.05. The smallest absolute Gasteiger partial charge is 0.279 e. The lowest BCUT2D eigenvalue weighted by atomic mass is 10.1. The summed E-state index contributed by atoms with van der Waals surface area (Å²) in [4.78, 5) is 15.9. The average Bonchev–Trinajstić information content (AvgIpc) is 2.79. The normalized spacial score (nSPS) is 15.0. The highest BCUT2D eigenvalue weighted by molar-refractivity contribution is 5.91. The van der Waals surface area contributed by atoms with Crippen LogP contribution in [0.1, 0.15) is 5.56 Å². The fourth-order valence-corrected chi connectivity index (χ4v) is 3.98. The second-order valence-electron chi connectivity index (χ2n) is 8.05. The minimum atomic E-state index is 0.0159.